The predicted molar refractivity (Wildman–Crippen MR) is 52.4 cm³/mol. The van der Waals surface area contributed by atoms with E-state index < -0.39 is 10.3 Å². The lowest BCUT2D eigenvalue weighted by Gasteiger charge is -2.14. The maximum Gasteiger partial charge on any atom is 0.310 e. The topological polar surface area (TPSA) is 92.0 Å². The molecule has 6 nitrogen and oxygen atoms in total. The van der Waals surface area contributed by atoms with Crippen molar-refractivity contribution < 1.29 is 10.0 Å². The highest BCUT2D eigenvalue weighted by Gasteiger charge is 2.65. The fraction of sp³-hybridized carbons (Fsp3) is 0.667. The van der Waals surface area contributed by atoms with Crippen molar-refractivity contribution >= 4 is 5.69 Å². The van der Waals surface area contributed by atoms with Gasteiger partial charge in [-0.2, -0.15) is 5.10 Å². The van der Waals surface area contributed by atoms with Gasteiger partial charge in [-0.15, -0.1) is 0 Å². The molecule has 0 amide bonds. The van der Waals surface area contributed by atoms with E-state index in [-0.39, 0.29) is 17.7 Å². The second-order valence-corrected chi connectivity index (χ2v) is 4.69. The van der Waals surface area contributed by atoms with E-state index in [1.807, 2.05) is 13.8 Å². The Kier molecular flexibility index (Phi) is 1.88. The second kappa shape index (κ2) is 2.79. The lowest BCUT2D eigenvalue weighted by Crippen LogP contribution is -2.21. The van der Waals surface area contributed by atoms with E-state index in [1.54, 1.807) is 0 Å². The van der Waals surface area contributed by atoms with Crippen molar-refractivity contribution in [2.45, 2.75) is 25.7 Å². The zero-order valence-electron chi connectivity index (χ0n) is 8.65. The molecule has 15 heavy (non-hydrogen) atoms. The highest BCUT2D eigenvalue weighted by Crippen LogP contribution is 2.64. The maximum atomic E-state index is 10.7. The quantitative estimate of drug-likeness (QED) is 0.575. The number of aliphatic hydroxyl groups excluding tert-OH is 1. The smallest absolute Gasteiger partial charge is 0.310 e. The zero-order chi connectivity index (χ0) is 11.3. The summed E-state index contributed by atoms with van der Waals surface area (Å²) in [7, 11) is 0. The van der Waals surface area contributed by atoms with Gasteiger partial charge in [0.2, 0.25) is 0 Å². The molecule has 6 heteroatoms. The lowest BCUT2D eigenvalue weighted by molar-refractivity contribution is -0.386. The summed E-state index contributed by atoms with van der Waals surface area (Å²) in [6.45, 7) is 3.87. The number of aromatic amines is 1. The summed E-state index contributed by atoms with van der Waals surface area (Å²) >= 11 is 0. The Balaban J connectivity index is 2.46. The molecule has 1 aromatic rings. The molecule has 1 fully saturated rings. The zero-order valence-corrected chi connectivity index (χ0v) is 8.65. The number of nitro groups is 1. The van der Waals surface area contributed by atoms with Gasteiger partial charge < -0.3 is 5.11 Å². The summed E-state index contributed by atoms with van der Waals surface area (Å²) in [5, 5.41) is 26.5. The first kappa shape index (κ1) is 10.1. The third-order valence-electron chi connectivity index (χ3n) is 3.48. The molecular weight excluding hydrogens is 198 g/mol. The van der Waals surface area contributed by atoms with Crippen LogP contribution in [0.25, 0.3) is 0 Å². The van der Waals surface area contributed by atoms with Gasteiger partial charge in [0.15, 0.2) is 0 Å². The van der Waals surface area contributed by atoms with Crippen molar-refractivity contribution in [1.29, 1.82) is 0 Å². The van der Waals surface area contributed by atoms with Crippen molar-refractivity contribution in [3.05, 3.63) is 22.0 Å². The van der Waals surface area contributed by atoms with E-state index in [1.165, 1.54) is 6.20 Å². The van der Waals surface area contributed by atoms with E-state index in [9.17, 15) is 15.2 Å². The SMILES string of the molecule is CC1(C)CC1(CO)c1[nH]ncc1[N+](=O)[O-]. The molecule has 2 rings (SSSR count). The van der Waals surface area contributed by atoms with Gasteiger partial charge in [-0.3, -0.25) is 15.2 Å². The van der Waals surface area contributed by atoms with Gasteiger partial charge in [0, 0.05) is 5.41 Å². The molecule has 1 atom stereocenters. The first-order chi connectivity index (χ1) is 6.94. The van der Waals surface area contributed by atoms with Gasteiger partial charge >= 0.3 is 5.69 Å². The van der Waals surface area contributed by atoms with Gasteiger partial charge in [0.05, 0.1) is 11.5 Å². The Morgan fingerprint density at radius 3 is 2.73 bits per heavy atom. The molecule has 0 aromatic carbocycles. The third-order valence-corrected chi connectivity index (χ3v) is 3.48. The minimum absolute atomic E-state index is 0.0328. The molecular formula is C9H13N3O3. The summed E-state index contributed by atoms with van der Waals surface area (Å²) in [6, 6.07) is 0. The monoisotopic (exact) mass is 211 g/mol. The molecule has 1 unspecified atom stereocenters. The maximum absolute atomic E-state index is 10.7. The van der Waals surface area contributed by atoms with Crippen LogP contribution in [-0.4, -0.2) is 26.8 Å². The van der Waals surface area contributed by atoms with Crippen LogP contribution in [0.1, 0.15) is 26.0 Å². The van der Waals surface area contributed by atoms with E-state index in [0.29, 0.717) is 5.69 Å². The number of hydrogen-bond acceptors (Lipinski definition) is 4. The highest BCUT2D eigenvalue weighted by atomic mass is 16.6. The number of nitrogens with zero attached hydrogens (tertiary/aromatic N) is 2. The average molecular weight is 211 g/mol. The second-order valence-electron chi connectivity index (χ2n) is 4.69. The van der Waals surface area contributed by atoms with Crippen LogP contribution in [0, 0.1) is 15.5 Å². The number of aliphatic hydroxyl groups is 1. The van der Waals surface area contributed by atoms with Gasteiger partial charge in [0.1, 0.15) is 11.9 Å². The van der Waals surface area contributed by atoms with Crippen LogP contribution in [0.2, 0.25) is 0 Å². The van der Waals surface area contributed by atoms with Crippen molar-refractivity contribution in [2.75, 3.05) is 6.61 Å². The molecule has 82 valence electrons. The van der Waals surface area contributed by atoms with E-state index in [0.717, 1.165) is 6.42 Å². The normalized spacial score (nSPS) is 27.7. The van der Waals surface area contributed by atoms with E-state index >= 15 is 0 Å². The summed E-state index contributed by atoms with van der Waals surface area (Å²) in [5.74, 6) is 0. The van der Waals surface area contributed by atoms with Crippen LogP contribution in [-0.2, 0) is 5.41 Å². The summed E-state index contributed by atoms with van der Waals surface area (Å²) in [6.07, 6.45) is 1.93. The first-order valence-electron chi connectivity index (χ1n) is 4.74. The molecule has 0 spiro atoms. The van der Waals surface area contributed by atoms with E-state index in [2.05, 4.69) is 10.2 Å². The Morgan fingerprint density at radius 1 is 1.73 bits per heavy atom. The summed E-state index contributed by atoms with van der Waals surface area (Å²) < 4.78 is 0. The highest BCUT2D eigenvalue weighted by molar-refractivity contribution is 5.45. The number of nitrogens with one attached hydrogen (secondary N) is 1. The van der Waals surface area contributed by atoms with Crippen LogP contribution in [0.4, 0.5) is 5.69 Å². The van der Waals surface area contributed by atoms with Crippen LogP contribution in [0.15, 0.2) is 6.20 Å². The minimum atomic E-state index is -0.522. The molecule has 1 aliphatic carbocycles. The molecule has 0 aliphatic heterocycles. The fourth-order valence-corrected chi connectivity index (χ4v) is 2.26. The summed E-state index contributed by atoms with van der Waals surface area (Å²) in [4.78, 5) is 10.3. The molecule has 1 saturated carbocycles. The number of H-pyrrole nitrogens is 1. The largest absolute Gasteiger partial charge is 0.395 e. The van der Waals surface area contributed by atoms with Gasteiger partial charge in [-0.25, -0.2) is 0 Å². The lowest BCUT2D eigenvalue weighted by atomic mass is 9.92. The molecule has 0 bridgehead atoms. The van der Waals surface area contributed by atoms with Gasteiger partial charge in [0.25, 0.3) is 0 Å². The van der Waals surface area contributed by atoms with Crippen molar-refractivity contribution in [3.8, 4) is 0 Å². The van der Waals surface area contributed by atoms with Crippen LogP contribution >= 0.6 is 0 Å². The fourth-order valence-electron chi connectivity index (χ4n) is 2.26. The molecule has 0 saturated heterocycles. The first-order valence-corrected chi connectivity index (χ1v) is 4.74. The van der Waals surface area contributed by atoms with Crippen LogP contribution in [0.5, 0.6) is 0 Å². The summed E-state index contributed by atoms with van der Waals surface area (Å²) in [5.41, 5.74) is -0.222. The predicted octanol–water partition coefficient (Wildman–Crippen LogP) is 0.978. The van der Waals surface area contributed by atoms with Crippen molar-refractivity contribution in [3.63, 3.8) is 0 Å². The standard InChI is InChI=1S/C9H13N3O3/c1-8(2)4-9(8,5-13)7-6(12(14)15)3-10-11-7/h3,13H,4-5H2,1-2H3,(H,10,11). The Morgan fingerprint density at radius 2 is 2.33 bits per heavy atom. The van der Waals surface area contributed by atoms with Crippen LogP contribution < -0.4 is 0 Å². The number of aromatic nitrogens is 2. The molecule has 1 aliphatic rings. The van der Waals surface area contributed by atoms with Gasteiger partial charge in [-0.05, 0) is 11.8 Å². The van der Waals surface area contributed by atoms with Gasteiger partial charge in [-0.1, -0.05) is 13.8 Å². The Hall–Kier alpha value is -1.43. The molecule has 1 heterocycles. The van der Waals surface area contributed by atoms with Crippen molar-refractivity contribution in [1.82, 2.24) is 10.2 Å². The van der Waals surface area contributed by atoms with E-state index in [4.69, 9.17) is 0 Å². The number of hydrogen-bond donors (Lipinski definition) is 2. The average Bonchev–Trinajstić information content (AvgIpc) is 2.59. The molecule has 0 radical (unpaired) electrons. The van der Waals surface area contributed by atoms with Crippen molar-refractivity contribution in [2.24, 2.45) is 5.41 Å². The third kappa shape index (κ3) is 1.18. The molecule has 1 aromatic heterocycles. The Labute approximate surface area is 86.5 Å². The van der Waals surface area contributed by atoms with Crippen LogP contribution in [0.3, 0.4) is 0 Å². The Bertz CT molecular complexity index is 412. The number of rotatable bonds is 3. The minimum Gasteiger partial charge on any atom is -0.395 e. The molecule has 2 N–H and O–H groups in total.